The predicted molar refractivity (Wildman–Crippen MR) is 81.1 cm³/mol. The Morgan fingerprint density at radius 1 is 0.591 bits per heavy atom. The second-order valence-electron chi connectivity index (χ2n) is 4.86. The van der Waals surface area contributed by atoms with E-state index in [9.17, 15) is 19.2 Å². The molecule has 0 radical (unpaired) electrons. The summed E-state index contributed by atoms with van der Waals surface area (Å²) in [7, 11) is 0. The summed E-state index contributed by atoms with van der Waals surface area (Å²) in [5, 5.41) is 0. The van der Waals surface area contributed by atoms with Crippen molar-refractivity contribution >= 4 is 23.1 Å². The molecule has 0 bridgehead atoms. The highest BCUT2D eigenvalue weighted by atomic mass is 16.2. The second kappa shape index (κ2) is 6.26. The van der Waals surface area contributed by atoms with Gasteiger partial charge in [0.05, 0.1) is 0 Å². The summed E-state index contributed by atoms with van der Waals surface area (Å²) < 4.78 is 0. The zero-order valence-electron chi connectivity index (χ0n) is 12.3. The first-order chi connectivity index (χ1) is 10.4. The van der Waals surface area contributed by atoms with E-state index in [4.69, 9.17) is 0 Å². The van der Waals surface area contributed by atoms with Crippen molar-refractivity contribution in [3.63, 3.8) is 0 Å². The fourth-order valence-electron chi connectivity index (χ4n) is 2.05. The van der Waals surface area contributed by atoms with Gasteiger partial charge in [-0.05, 0) is 0 Å². The summed E-state index contributed by atoms with van der Waals surface area (Å²) in [4.78, 5) is 43.8. The average molecular weight is 294 g/mol. The molecule has 3 rings (SSSR count). The molecule has 0 saturated heterocycles. The van der Waals surface area contributed by atoms with E-state index in [0.29, 0.717) is 22.3 Å². The van der Waals surface area contributed by atoms with E-state index in [1.165, 1.54) is 13.8 Å². The molecule has 1 aliphatic carbocycles. The molecule has 4 heteroatoms. The molecule has 1 aliphatic rings. The van der Waals surface area contributed by atoms with Crippen molar-refractivity contribution in [2.24, 2.45) is 0 Å². The molecule has 0 N–H and O–H groups in total. The predicted octanol–water partition coefficient (Wildman–Crippen LogP) is 2.63. The van der Waals surface area contributed by atoms with Crippen molar-refractivity contribution in [2.75, 3.05) is 0 Å². The first-order valence-corrected chi connectivity index (χ1v) is 6.72. The summed E-state index contributed by atoms with van der Waals surface area (Å²) in [6.45, 7) is 2.50. The van der Waals surface area contributed by atoms with Gasteiger partial charge in [-0.2, -0.15) is 0 Å². The van der Waals surface area contributed by atoms with Crippen LogP contribution in [0.4, 0.5) is 0 Å². The smallest absolute Gasteiger partial charge is 0.195 e. The van der Waals surface area contributed by atoms with Gasteiger partial charge in [0.15, 0.2) is 23.1 Å². The molecule has 4 nitrogen and oxygen atoms in total. The van der Waals surface area contributed by atoms with Crippen LogP contribution < -0.4 is 0 Å². The van der Waals surface area contributed by atoms with Crippen molar-refractivity contribution in [3.8, 4) is 0 Å². The number of fused-ring (bicyclic) bond motifs is 2. The minimum Gasteiger partial charge on any atom is -0.291 e. The molecular formula is C18H14O4. The lowest BCUT2D eigenvalue weighted by molar-refractivity contribution is -0.134. The lowest BCUT2D eigenvalue weighted by Gasteiger charge is -2.16. The minimum atomic E-state index is -0.380. The van der Waals surface area contributed by atoms with Crippen LogP contribution in [0.1, 0.15) is 45.7 Å². The summed E-state index contributed by atoms with van der Waals surface area (Å²) >= 11 is 0. The standard InChI is InChI=1S/C14H8O2.C4H6O2/c15-13-9-5-1-2-6-10(9)14(16)12-8-4-3-7-11(12)13;1-3(5)4(2)6/h1-8H;1-2H3. The molecule has 2 aromatic carbocycles. The molecule has 2 aromatic rings. The van der Waals surface area contributed by atoms with Gasteiger partial charge in [0.1, 0.15) is 0 Å². The molecule has 0 fully saturated rings. The zero-order valence-corrected chi connectivity index (χ0v) is 12.3. The number of hydrogen-bond acceptors (Lipinski definition) is 4. The topological polar surface area (TPSA) is 68.3 Å². The summed E-state index contributed by atoms with van der Waals surface area (Å²) in [5.41, 5.74) is 2.02. The largest absolute Gasteiger partial charge is 0.291 e. The highest BCUT2D eigenvalue weighted by Crippen LogP contribution is 2.26. The van der Waals surface area contributed by atoms with Crippen LogP contribution in [-0.4, -0.2) is 23.1 Å². The van der Waals surface area contributed by atoms with E-state index in [1.807, 2.05) is 0 Å². The van der Waals surface area contributed by atoms with Gasteiger partial charge in [-0.15, -0.1) is 0 Å². The Balaban J connectivity index is 0.000000254. The third kappa shape index (κ3) is 2.91. The average Bonchev–Trinajstić information content (AvgIpc) is 2.53. The minimum absolute atomic E-state index is 0.0641. The van der Waals surface area contributed by atoms with Gasteiger partial charge in [-0.3, -0.25) is 19.2 Å². The molecule has 0 amide bonds. The molecule has 110 valence electrons. The molecule has 0 spiro atoms. The Morgan fingerprint density at radius 3 is 1.00 bits per heavy atom. The second-order valence-corrected chi connectivity index (χ2v) is 4.86. The molecular weight excluding hydrogens is 280 g/mol. The Hall–Kier alpha value is -2.88. The quantitative estimate of drug-likeness (QED) is 0.647. The third-order valence-electron chi connectivity index (χ3n) is 3.33. The Morgan fingerprint density at radius 2 is 0.818 bits per heavy atom. The summed E-state index contributed by atoms with van der Waals surface area (Å²) in [6.07, 6.45) is 0. The number of Topliss-reactive ketones (excluding diaryl/α,β-unsaturated/α-hetero) is 2. The van der Waals surface area contributed by atoms with E-state index in [1.54, 1.807) is 48.5 Å². The number of benzene rings is 2. The highest BCUT2D eigenvalue weighted by molar-refractivity contribution is 6.35. The van der Waals surface area contributed by atoms with Crippen molar-refractivity contribution < 1.29 is 19.2 Å². The molecule has 0 unspecified atom stereocenters. The van der Waals surface area contributed by atoms with E-state index >= 15 is 0 Å². The maximum absolute atomic E-state index is 12.1. The van der Waals surface area contributed by atoms with Crippen LogP contribution in [-0.2, 0) is 9.59 Å². The van der Waals surface area contributed by atoms with Crippen LogP contribution >= 0.6 is 0 Å². The maximum atomic E-state index is 12.1. The molecule has 0 saturated carbocycles. The van der Waals surface area contributed by atoms with E-state index in [2.05, 4.69) is 0 Å². The Bertz CT molecular complexity index is 670. The summed E-state index contributed by atoms with van der Waals surface area (Å²) in [6, 6.07) is 13.9. The van der Waals surface area contributed by atoms with Crippen LogP contribution in [0.15, 0.2) is 48.5 Å². The van der Waals surface area contributed by atoms with Crippen LogP contribution in [0, 0.1) is 0 Å². The molecule has 0 aliphatic heterocycles. The lowest BCUT2D eigenvalue weighted by atomic mass is 9.84. The maximum Gasteiger partial charge on any atom is 0.195 e. The number of carbonyl (C=O) groups excluding carboxylic acids is 4. The SMILES string of the molecule is CC(=O)C(C)=O.O=C1c2ccccc2C(=O)c2ccccc21. The number of ketones is 4. The summed E-state index contributed by atoms with van der Waals surface area (Å²) in [5.74, 6) is -0.887. The molecule has 0 atom stereocenters. The lowest BCUT2D eigenvalue weighted by Crippen LogP contribution is -2.20. The van der Waals surface area contributed by atoms with E-state index in [0.717, 1.165) is 0 Å². The van der Waals surface area contributed by atoms with Crippen LogP contribution in [0.25, 0.3) is 0 Å². The van der Waals surface area contributed by atoms with E-state index in [-0.39, 0.29) is 23.1 Å². The van der Waals surface area contributed by atoms with Crippen LogP contribution in [0.2, 0.25) is 0 Å². The van der Waals surface area contributed by atoms with Crippen LogP contribution in [0.5, 0.6) is 0 Å². The normalized spacial score (nSPS) is 11.7. The number of hydrogen-bond donors (Lipinski definition) is 0. The zero-order chi connectivity index (χ0) is 16.3. The molecule has 22 heavy (non-hydrogen) atoms. The first-order valence-electron chi connectivity index (χ1n) is 6.72. The van der Waals surface area contributed by atoms with Crippen molar-refractivity contribution in [2.45, 2.75) is 13.8 Å². The van der Waals surface area contributed by atoms with Crippen LogP contribution in [0.3, 0.4) is 0 Å². The van der Waals surface area contributed by atoms with Crippen molar-refractivity contribution in [3.05, 3.63) is 70.8 Å². The molecule has 0 heterocycles. The van der Waals surface area contributed by atoms with Gasteiger partial charge in [-0.25, -0.2) is 0 Å². The van der Waals surface area contributed by atoms with Gasteiger partial charge in [-0.1, -0.05) is 48.5 Å². The van der Waals surface area contributed by atoms with Gasteiger partial charge in [0.2, 0.25) is 0 Å². The van der Waals surface area contributed by atoms with Crippen molar-refractivity contribution in [1.29, 1.82) is 0 Å². The highest BCUT2D eigenvalue weighted by Gasteiger charge is 2.28. The number of carbonyl (C=O) groups is 4. The molecule has 0 aromatic heterocycles. The first kappa shape index (κ1) is 15.5. The van der Waals surface area contributed by atoms with Gasteiger partial charge in [0.25, 0.3) is 0 Å². The van der Waals surface area contributed by atoms with Gasteiger partial charge < -0.3 is 0 Å². The third-order valence-corrected chi connectivity index (χ3v) is 3.33. The van der Waals surface area contributed by atoms with E-state index < -0.39 is 0 Å². The fourth-order valence-corrected chi connectivity index (χ4v) is 2.05. The fraction of sp³-hybridized carbons (Fsp3) is 0.111. The number of rotatable bonds is 1. The monoisotopic (exact) mass is 294 g/mol. The van der Waals surface area contributed by atoms with Crippen molar-refractivity contribution in [1.82, 2.24) is 0 Å². The Kier molecular flexibility index (Phi) is 4.41. The Labute approximate surface area is 127 Å². The van der Waals surface area contributed by atoms with Gasteiger partial charge in [0, 0.05) is 36.1 Å². The van der Waals surface area contributed by atoms with Gasteiger partial charge >= 0.3 is 0 Å².